The second kappa shape index (κ2) is 13.9. The third-order valence-electron chi connectivity index (χ3n) is 12.4. The van der Waals surface area contributed by atoms with E-state index in [0.717, 1.165) is 39.3 Å². The molecule has 58 heavy (non-hydrogen) atoms. The molecule has 2 aliphatic heterocycles. The molecule has 4 heteroatoms. The summed E-state index contributed by atoms with van der Waals surface area (Å²) >= 11 is 0. The summed E-state index contributed by atoms with van der Waals surface area (Å²) in [5, 5.41) is 14.0. The second-order valence-electron chi connectivity index (χ2n) is 15.8. The minimum Gasteiger partial charge on any atom is -0.374 e. The predicted octanol–water partition coefficient (Wildman–Crippen LogP) is 9.43. The number of hydrogen-bond acceptors (Lipinski definition) is 4. The molecule has 0 amide bonds. The maximum absolute atomic E-state index is 5.41. The maximum Gasteiger partial charge on any atom is 0.131 e. The van der Waals surface area contributed by atoms with Crippen LogP contribution in [0.4, 0.5) is 0 Å². The second-order valence-corrected chi connectivity index (χ2v) is 15.8. The fourth-order valence-corrected chi connectivity index (χ4v) is 9.52. The van der Waals surface area contributed by atoms with Crippen LogP contribution in [-0.4, -0.2) is 11.9 Å². The Morgan fingerprint density at radius 2 is 1.21 bits per heavy atom. The molecule has 0 radical (unpaired) electrons. The Morgan fingerprint density at radius 3 is 2.03 bits per heavy atom. The highest BCUT2D eigenvalue weighted by Crippen LogP contribution is 2.53. The zero-order valence-electron chi connectivity index (χ0n) is 32.2. The molecule has 0 fully saturated rings. The largest absolute Gasteiger partial charge is 0.374 e. The molecule has 2 aliphatic carbocycles. The van der Waals surface area contributed by atoms with Crippen LogP contribution in [0.1, 0.15) is 58.2 Å². The summed E-state index contributed by atoms with van der Waals surface area (Å²) < 4.78 is 0. The lowest BCUT2D eigenvalue weighted by atomic mass is 9.74. The molecule has 0 aromatic heterocycles. The summed E-state index contributed by atoms with van der Waals surface area (Å²) in [7, 11) is 0. The van der Waals surface area contributed by atoms with Crippen molar-refractivity contribution in [2.45, 2.75) is 30.7 Å². The third kappa shape index (κ3) is 5.68. The number of benzene rings is 7. The summed E-state index contributed by atoms with van der Waals surface area (Å²) in [5.41, 5.74) is 15.5. The van der Waals surface area contributed by atoms with Crippen LogP contribution < -0.4 is 26.4 Å². The molecule has 7 aromatic carbocycles. The van der Waals surface area contributed by atoms with Crippen molar-refractivity contribution in [3.05, 3.63) is 250 Å². The van der Waals surface area contributed by atoms with Gasteiger partial charge < -0.3 is 10.6 Å². The first-order valence-corrected chi connectivity index (χ1v) is 20.2. The van der Waals surface area contributed by atoms with E-state index in [0.29, 0.717) is 0 Å². The Balaban J connectivity index is 1.12. The first kappa shape index (κ1) is 34.3. The summed E-state index contributed by atoms with van der Waals surface area (Å²) in [6.45, 7) is 2.38. The normalized spacial score (nSPS) is 21.2. The van der Waals surface area contributed by atoms with Gasteiger partial charge in [-0.15, -0.1) is 0 Å². The number of fused-ring (bicyclic) bond motifs is 5. The zero-order valence-corrected chi connectivity index (χ0v) is 32.2. The van der Waals surface area contributed by atoms with E-state index in [9.17, 15) is 0 Å². The summed E-state index contributed by atoms with van der Waals surface area (Å²) in [6.07, 6.45) is 8.31. The summed E-state index contributed by atoms with van der Waals surface area (Å²) in [6, 6.07) is 63.9. The highest BCUT2D eigenvalue weighted by molar-refractivity contribution is 5.99. The lowest BCUT2D eigenvalue weighted by Crippen LogP contribution is -2.46. The van der Waals surface area contributed by atoms with E-state index in [1.807, 2.05) is 0 Å². The Hall–Kier alpha value is -7.01. The van der Waals surface area contributed by atoms with Crippen molar-refractivity contribution in [2.24, 2.45) is 4.99 Å². The van der Waals surface area contributed by atoms with Crippen molar-refractivity contribution in [1.82, 2.24) is 16.0 Å². The van der Waals surface area contributed by atoms with Crippen molar-refractivity contribution in [2.75, 3.05) is 0 Å². The third-order valence-corrected chi connectivity index (χ3v) is 12.4. The number of aliphatic imine (C=N–C) groups is 1. The van der Waals surface area contributed by atoms with Gasteiger partial charge in [0, 0.05) is 16.2 Å². The van der Waals surface area contributed by atoms with Crippen LogP contribution in [0.3, 0.4) is 0 Å². The summed E-state index contributed by atoms with van der Waals surface area (Å²) in [4.78, 5) is 5.41. The fraction of sp³-hybridized carbons (Fsp3) is 0.0926. The minimum absolute atomic E-state index is 0.0799. The van der Waals surface area contributed by atoms with Gasteiger partial charge >= 0.3 is 0 Å². The van der Waals surface area contributed by atoms with E-state index in [4.69, 9.17) is 4.99 Å². The van der Waals surface area contributed by atoms with Gasteiger partial charge in [0.25, 0.3) is 0 Å². The molecule has 0 saturated heterocycles. The Morgan fingerprint density at radius 1 is 0.517 bits per heavy atom. The van der Waals surface area contributed by atoms with Crippen molar-refractivity contribution < 1.29 is 0 Å². The fourth-order valence-electron chi connectivity index (χ4n) is 9.52. The van der Waals surface area contributed by atoms with E-state index >= 15 is 0 Å². The molecule has 0 bridgehead atoms. The highest BCUT2D eigenvalue weighted by Gasteiger charge is 2.40. The molecule has 2 heterocycles. The monoisotopic (exact) mass is 746 g/mol. The lowest BCUT2D eigenvalue weighted by Gasteiger charge is -2.33. The van der Waals surface area contributed by atoms with Gasteiger partial charge in [-0.2, -0.15) is 0 Å². The summed E-state index contributed by atoms with van der Waals surface area (Å²) in [5.74, 6) is 0.867. The van der Waals surface area contributed by atoms with Crippen LogP contribution in [0.2, 0.25) is 0 Å². The molecule has 278 valence electrons. The number of nitrogens with one attached hydrogen (secondary N) is 3. The van der Waals surface area contributed by atoms with Crippen LogP contribution in [0.15, 0.2) is 205 Å². The molecular weight excluding hydrogens is 705 g/mol. The zero-order chi connectivity index (χ0) is 38.6. The lowest BCUT2D eigenvalue weighted by molar-refractivity contribution is 0.409. The molecule has 0 spiro atoms. The first-order valence-electron chi connectivity index (χ1n) is 20.2. The minimum atomic E-state index is -0.323. The predicted molar refractivity (Wildman–Crippen MR) is 237 cm³/mol. The maximum atomic E-state index is 5.41. The number of amidine groups is 1. The van der Waals surface area contributed by atoms with E-state index in [-0.39, 0.29) is 23.8 Å². The van der Waals surface area contributed by atoms with Gasteiger partial charge in [0.1, 0.15) is 18.2 Å². The van der Waals surface area contributed by atoms with E-state index < -0.39 is 0 Å². The van der Waals surface area contributed by atoms with Crippen LogP contribution in [0, 0.1) is 0 Å². The van der Waals surface area contributed by atoms with Crippen molar-refractivity contribution in [3.8, 4) is 22.3 Å². The topological polar surface area (TPSA) is 48.5 Å². The van der Waals surface area contributed by atoms with Gasteiger partial charge in [-0.3, -0.25) is 5.32 Å². The standard InChI is InChI=1S/C54H42N4/c1-54(41-21-9-4-10-22-41)47-27-15-13-24-43(47)46-34-37(29-30-48(46)54)38-31-39(50-45-26-12-11-23-42(45)44-25-14-16-28-49(44)55-50)33-40(32-38)53-57-51(35-17-5-2-6-18-35)56-52(58-53)36-19-7-3-8-20-36/h2-34,49,51,53,55,57H,1H3,(H,56,58). The smallest absolute Gasteiger partial charge is 0.131 e. The van der Waals surface area contributed by atoms with Crippen LogP contribution in [0.5, 0.6) is 0 Å². The number of rotatable bonds is 6. The molecule has 7 aromatic rings. The first-order chi connectivity index (χ1) is 28.6. The molecule has 4 atom stereocenters. The van der Waals surface area contributed by atoms with Gasteiger partial charge in [-0.1, -0.05) is 176 Å². The van der Waals surface area contributed by atoms with Gasteiger partial charge in [-0.05, 0) is 97.6 Å². The van der Waals surface area contributed by atoms with Crippen LogP contribution >= 0.6 is 0 Å². The van der Waals surface area contributed by atoms with Gasteiger partial charge in [0.05, 0.1) is 11.7 Å². The van der Waals surface area contributed by atoms with Crippen molar-refractivity contribution in [1.29, 1.82) is 0 Å². The molecule has 11 rings (SSSR count). The number of hydrogen-bond donors (Lipinski definition) is 3. The van der Waals surface area contributed by atoms with Crippen molar-refractivity contribution >= 4 is 17.1 Å². The van der Waals surface area contributed by atoms with E-state index in [1.165, 1.54) is 49.4 Å². The molecular formula is C54H42N4. The molecule has 4 aliphatic rings. The van der Waals surface area contributed by atoms with Crippen LogP contribution in [-0.2, 0) is 5.41 Å². The molecule has 4 unspecified atom stereocenters. The van der Waals surface area contributed by atoms with Gasteiger partial charge in [-0.25, -0.2) is 4.99 Å². The Bertz CT molecular complexity index is 2950. The number of allylic oxidation sites excluding steroid dienone is 2. The van der Waals surface area contributed by atoms with Gasteiger partial charge in [0.2, 0.25) is 0 Å². The van der Waals surface area contributed by atoms with E-state index in [2.05, 4.69) is 223 Å². The average Bonchev–Trinajstić information content (AvgIpc) is 3.57. The van der Waals surface area contributed by atoms with Crippen LogP contribution in [0.25, 0.3) is 33.5 Å². The van der Waals surface area contributed by atoms with E-state index in [1.54, 1.807) is 0 Å². The highest BCUT2D eigenvalue weighted by atomic mass is 15.3. The molecule has 3 N–H and O–H groups in total. The Kier molecular flexibility index (Phi) is 8.19. The molecule has 0 saturated carbocycles. The number of nitrogens with zero attached hydrogens (tertiary/aromatic N) is 1. The Labute approximate surface area is 339 Å². The quantitative estimate of drug-likeness (QED) is 0.159. The average molecular weight is 747 g/mol. The van der Waals surface area contributed by atoms with Gasteiger partial charge in [0.15, 0.2) is 0 Å². The van der Waals surface area contributed by atoms with Crippen molar-refractivity contribution in [3.63, 3.8) is 0 Å². The SMILES string of the molecule is CC1(c2ccccc2)c2ccccc2-c2cc(-c3cc(C4=c5ccccc5=C5C=CC=CC5N4)cc(C4N=C(c5ccccc5)NC(c5ccccc5)N4)c3)ccc21. The molecule has 4 nitrogen and oxygen atoms in total.